The van der Waals surface area contributed by atoms with Crippen LogP contribution in [0, 0.1) is 18.8 Å². The predicted molar refractivity (Wildman–Crippen MR) is 111 cm³/mol. The normalized spacial score (nSPS) is 30.1. The summed E-state index contributed by atoms with van der Waals surface area (Å²) in [4.78, 5) is 23.9. The zero-order valence-corrected chi connectivity index (χ0v) is 17.2. The Kier molecular flexibility index (Phi) is 4.69. The van der Waals surface area contributed by atoms with Crippen LogP contribution in [0.15, 0.2) is 35.9 Å². The smallest absolute Gasteiger partial charge is 0.307 e. The van der Waals surface area contributed by atoms with Gasteiger partial charge in [-0.1, -0.05) is 42.0 Å². The van der Waals surface area contributed by atoms with Gasteiger partial charge in [-0.3, -0.25) is 9.59 Å². The molecule has 0 aliphatic heterocycles. The number of aryl methyl sites for hydroxylation is 1. The molecule has 0 saturated heterocycles. The van der Waals surface area contributed by atoms with E-state index in [-0.39, 0.29) is 18.4 Å². The van der Waals surface area contributed by atoms with E-state index in [1.54, 1.807) is 12.2 Å². The minimum atomic E-state index is -0.868. The van der Waals surface area contributed by atoms with Crippen molar-refractivity contribution in [2.75, 3.05) is 0 Å². The lowest BCUT2D eigenvalue weighted by atomic mass is 9.50. The van der Waals surface area contributed by atoms with E-state index in [1.165, 1.54) is 0 Å². The van der Waals surface area contributed by atoms with E-state index in [9.17, 15) is 14.7 Å². The van der Waals surface area contributed by atoms with Gasteiger partial charge in [0.1, 0.15) is 0 Å². The van der Waals surface area contributed by atoms with Gasteiger partial charge in [-0.15, -0.1) is 0 Å². The fourth-order valence-corrected chi connectivity index (χ4v) is 5.26. The van der Waals surface area contributed by atoms with Gasteiger partial charge in [-0.2, -0.15) is 0 Å². The lowest BCUT2D eigenvalue weighted by Gasteiger charge is -2.59. The largest absolute Gasteiger partial charge is 0.481 e. The predicted octanol–water partition coefficient (Wildman–Crippen LogP) is 3.35. The van der Waals surface area contributed by atoms with Gasteiger partial charge in [-0.25, -0.2) is 0 Å². The number of aliphatic carboxylic acids is 1. The highest BCUT2D eigenvalue weighted by atomic mass is 16.4. The van der Waals surface area contributed by atoms with Crippen LogP contribution < -0.4 is 5.32 Å². The zero-order chi connectivity index (χ0) is 21.0. The maximum atomic E-state index is 13.2. The molecule has 1 amide bonds. The van der Waals surface area contributed by atoms with E-state index >= 15 is 0 Å². The molecule has 3 N–H and O–H groups in total. The Morgan fingerprint density at radius 2 is 2.03 bits per heavy atom. The van der Waals surface area contributed by atoms with Crippen molar-refractivity contribution in [2.45, 2.75) is 63.5 Å². The van der Waals surface area contributed by atoms with Gasteiger partial charge in [0.2, 0.25) is 5.91 Å². The molecule has 1 aromatic carbocycles. The summed E-state index contributed by atoms with van der Waals surface area (Å²) in [7, 11) is 0. The molecule has 0 radical (unpaired) electrons. The molecular weight excluding hydrogens is 366 g/mol. The summed E-state index contributed by atoms with van der Waals surface area (Å²) in [5.41, 5.74) is 2.63. The van der Waals surface area contributed by atoms with E-state index < -0.39 is 17.0 Å². The molecule has 5 aliphatic carbocycles. The SMILES string of the molecule is Cc1cc(/C=C/CC(=O)O)cc(C(C)(C)C(=O)N[C@H]2C=C3C4C[C@H]2C[C@]3(O)C4)c1. The highest BCUT2D eigenvalue weighted by Crippen LogP contribution is 2.59. The van der Waals surface area contributed by atoms with Gasteiger partial charge in [0.05, 0.1) is 23.5 Å². The van der Waals surface area contributed by atoms with Crippen LogP contribution in [0.2, 0.25) is 0 Å². The second-order valence-electron chi connectivity index (χ2n) is 9.51. The second kappa shape index (κ2) is 6.84. The number of carboxylic acids is 1. The molecule has 5 aliphatic rings. The van der Waals surface area contributed by atoms with E-state index in [0.717, 1.165) is 41.5 Å². The first-order valence-corrected chi connectivity index (χ1v) is 10.3. The Balaban J connectivity index is 1.52. The topological polar surface area (TPSA) is 86.6 Å². The fourth-order valence-electron chi connectivity index (χ4n) is 5.26. The number of rotatable bonds is 6. The number of amides is 1. The van der Waals surface area contributed by atoms with Crippen molar-refractivity contribution in [3.05, 3.63) is 52.6 Å². The molecular formula is C24H29NO4. The number of fused-ring (bicyclic) bond motifs is 1. The zero-order valence-electron chi connectivity index (χ0n) is 17.2. The molecule has 0 spiro atoms. The number of carbonyl (C=O) groups excluding carboxylic acids is 1. The molecule has 0 heterocycles. The van der Waals surface area contributed by atoms with Crippen LogP contribution in [0.1, 0.15) is 56.2 Å². The molecule has 5 heteroatoms. The van der Waals surface area contributed by atoms with E-state index in [1.807, 2.05) is 39.0 Å². The molecule has 3 saturated carbocycles. The van der Waals surface area contributed by atoms with E-state index in [0.29, 0.717) is 11.8 Å². The minimum absolute atomic E-state index is 0.00616. The maximum absolute atomic E-state index is 13.2. The molecule has 154 valence electrons. The van der Waals surface area contributed by atoms with Gasteiger partial charge in [0, 0.05) is 0 Å². The number of nitrogens with one attached hydrogen (secondary N) is 1. The molecule has 0 aromatic heterocycles. The van der Waals surface area contributed by atoms with Gasteiger partial charge in [0.15, 0.2) is 0 Å². The highest BCUT2D eigenvalue weighted by molar-refractivity contribution is 5.88. The fraction of sp³-hybridized carbons (Fsp3) is 0.500. The third-order valence-electron chi connectivity index (χ3n) is 6.90. The van der Waals surface area contributed by atoms with Crippen molar-refractivity contribution < 1.29 is 19.8 Å². The Morgan fingerprint density at radius 1 is 1.28 bits per heavy atom. The summed E-state index contributed by atoms with van der Waals surface area (Å²) in [6.07, 6.45) is 8.16. The summed E-state index contributed by atoms with van der Waals surface area (Å²) in [6, 6.07) is 5.94. The number of hydrogen-bond donors (Lipinski definition) is 3. The first kappa shape index (κ1) is 19.9. The van der Waals surface area contributed by atoms with Crippen molar-refractivity contribution >= 4 is 18.0 Å². The van der Waals surface area contributed by atoms with E-state index in [4.69, 9.17) is 5.11 Å². The van der Waals surface area contributed by atoms with Crippen LogP contribution in [0.25, 0.3) is 6.08 Å². The molecule has 4 bridgehead atoms. The molecule has 6 rings (SSSR count). The molecule has 29 heavy (non-hydrogen) atoms. The molecule has 5 nitrogen and oxygen atoms in total. The van der Waals surface area contributed by atoms with Crippen molar-refractivity contribution in [1.82, 2.24) is 5.32 Å². The van der Waals surface area contributed by atoms with Crippen molar-refractivity contribution in [1.29, 1.82) is 0 Å². The average Bonchev–Trinajstić information content (AvgIpc) is 2.62. The van der Waals surface area contributed by atoms with Crippen LogP contribution in [0.4, 0.5) is 0 Å². The number of carbonyl (C=O) groups is 2. The second-order valence-corrected chi connectivity index (χ2v) is 9.51. The minimum Gasteiger partial charge on any atom is -0.481 e. The summed E-state index contributed by atoms with van der Waals surface area (Å²) < 4.78 is 0. The van der Waals surface area contributed by atoms with Gasteiger partial charge in [0.25, 0.3) is 0 Å². The molecule has 1 aromatic rings. The van der Waals surface area contributed by atoms with Gasteiger partial charge >= 0.3 is 5.97 Å². The Hall–Kier alpha value is -2.40. The monoisotopic (exact) mass is 395 g/mol. The van der Waals surface area contributed by atoms with Crippen LogP contribution in [0.3, 0.4) is 0 Å². The Morgan fingerprint density at radius 3 is 2.66 bits per heavy atom. The van der Waals surface area contributed by atoms with Crippen molar-refractivity contribution in [3.8, 4) is 0 Å². The number of aliphatic hydroxyl groups is 1. The third-order valence-corrected chi connectivity index (χ3v) is 6.90. The highest BCUT2D eigenvalue weighted by Gasteiger charge is 2.58. The van der Waals surface area contributed by atoms with Gasteiger partial charge in [-0.05, 0) is 68.6 Å². The van der Waals surface area contributed by atoms with Crippen LogP contribution in [-0.4, -0.2) is 33.7 Å². The van der Waals surface area contributed by atoms with Crippen molar-refractivity contribution in [3.63, 3.8) is 0 Å². The van der Waals surface area contributed by atoms with Crippen LogP contribution in [-0.2, 0) is 15.0 Å². The summed E-state index contributed by atoms with van der Waals surface area (Å²) in [6.45, 7) is 5.81. The van der Waals surface area contributed by atoms with Crippen LogP contribution >= 0.6 is 0 Å². The molecule has 1 unspecified atom stereocenters. The quantitative estimate of drug-likeness (QED) is 0.645. The molecule has 4 atom stereocenters. The summed E-state index contributed by atoms with van der Waals surface area (Å²) in [5, 5.41) is 22.6. The Labute approximate surface area is 171 Å². The Bertz CT molecular complexity index is 929. The first-order valence-electron chi connectivity index (χ1n) is 10.3. The number of benzene rings is 1. The number of hydrogen-bond acceptors (Lipinski definition) is 3. The lowest BCUT2D eigenvalue weighted by Crippen LogP contribution is -2.62. The first-order chi connectivity index (χ1) is 13.6. The van der Waals surface area contributed by atoms with Crippen LogP contribution in [0.5, 0.6) is 0 Å². The number of carboxylic acid groups (broad SMARTS) is 1. The van der Waals surface area contributed by atoms with E-state index in [2.05, 4.69) is 11.4 Å². The maximum Gasteiger partial charge on any atom is 0.307 e. The third kappa shape index (κ3) is 3.52. The average molecular weight is 395 g/mol. The summed E-state index contributed by atoms with van der Waals surface area (Å²) >= 11 is 0. The standard InChI is InChI=1S/C24H29NO4/c1-14-7-15(5-4-6-21(26)27)9-18(8-14)23(2,3)22(28)25-20-11-19-16-10-17(20)13-24(19,29)12-16/h4-5,7-9,11,16-17,20,29H,6,10,12-13H2,1-3H3,(H,25,28)(H,26,27)/b5-4+/t16?,17-,20-,24+/m0/s1. The van der Waals surface area contributed by atoms with Crippen molar-refractivity contribution in [2.24, 2.45) is 11.8 Å². The lowest BCUT2D eigenvalue weighted by molar-refractivity contribution is -0.136. The van der Waals surface area contributed by atoms with Gasteiger partial charge < -0.3 is 15.5 Å². The molecule has 3 fully saturated rings. The summed E-state index contributed by atoms with van der Waals surface area (Å²) in [5.74, 6) is -0.0782.